The van der Waals surface area contributed by atoms with Crippen LogP contribution in [-0.4, -0.2) is 49.1 Å². The molecule has 0 radical (unpaired) electrons. The molecule has 26 heavy (non-hydrogen) atoms. The Bertz CT molecular complexity index is 753. The zero-order chi connectivity index (χ0) is 18.9. The normalized spacial score (nSPS) is 10.1. The third kappa shape index (κ3) is 5.57. The summed E-state index contributed by atoms with van der Waals surface area (Å²) in [6.45, 7) is 0.0288. The average molecular weight is 361 g/mol. The molecule has 0 saturated heterocycles. The molecular weight excluding hydrogens is 344 g/mol. The van der Waals surface area contributed by atoms with Crippen molar-refractivity contribution in [1.82, 2.24) is 5.32 Å². The fourth-order valence-corrected chi connectivity index (χ4v) is 2.12. The first-order valence-electron chi connectivity index (χ1n) is 7.73. The van der Waals surface area contributed by atoms with Crippen LogP contribution in [0, 0.1) is 5.82 Å². The van der Waals surface area contributed by atoms with E-state index in [1.807, 2.05) is 0 Å². The molecule has 9 heteroatoms. The molecule has 2 rings (SSSR count). The second kappa shape index (κ2) is 9.55. The van der Waals surface area contributed by atoms with Crippen molar-refractivity contribution in [3.63, 3.8) is 0 Å². The molecule has 0 atom stereocenters. The molecule has 7 nitrogen and oxygen atoms in total. The zero-order valence-corrected chi connectivity index (χ0v) is 13.7. The standard InChI is InChI=1S/C17H17BFNO6/c19-12-4-6-13(7-5-12)25-9-8-20-17(22)11-26-16-3-1-2-15(18(23)24)14(16)10-21/h1-7,10,23-24H,8-9,11H2,(H,20,22). The maximum absolute atomic E-state index is 12.8. The van der Waals surface area contributed by atoms with Crippen LogP contribution in [0.1, 0.15) is 10.4 Å². The largest absolute Gasteiger partial charge is 0.492 e. The molecule has 2 aromatic carbocycles. The molecule has 0 spiro atoms. The lowest BCUT2D eigenvalue weighted by Crippen LogP contribution is -2.34. The highest BCUT2D eigenvalue weighted by atomic mass is 19.1. The van der Waals surface area contributed by atoms with Gasteiger partial charge >= 0.3 is 7.12 Å². The van der Waals surface area contributed by atoms with Crippen molar-refractivity contribution >= 4 is 24.8 Å². The Morgan fingerprint density at radius 1 is 1.15 bits per heavy atom. The van der Waals surface area contributed by atoms with E-state index in [1.165, 1.54) is 42.5 Å². The summed E-state index contributed by atoms with van der Waals surface area (Å²) < 4.78 is 23.3. The third-order valence-electron chi connectivity index (χ3n) is 3.36. The molecule has 3 N–H and O–H groups in total. The lowest BCUT2D eigenvalue weighted by atomic mass is 9.77. The van der Waals surface area contributed by atoms with E-state index in [-0.39, 0.29) is 42.4 Å². The van der Waals surface area contributed by atoms with Crippen LogP contribution in [0.25, 0.3) is 0 Å². The van der Waals surface area contributed by atoms with E-state index in [9.17, 15) is 24.0 Å². The van der Waals surface area contributed by atoms with Gasteiger partial charge in [0.1, 0.15) is 23.9 Å². The molecule has 0 aliphatic rings. The van der Waals surface area contributed by atoms with Gasteiger partial charge in [-0.25, -0.2) is 4.39 Å². The Labute approximate surface area is 149 Å². The van der Waals surface area contributed by atoms with Gasteiger partial charge in [0.2, 0.25) is 0 Å². The van der Waals surface area contributed by atoms with Gasteiger partial charge in [-0.1, -0.05) is 12.1 Å². The van der Waals surface area contributed by atoms with Crippen molar-refractivity contribution in [1.29, 1.82) is 0 Å². The first-order chi connectivity index (χ1) is 12.5. The first-order valence-corrected chi connectivity index (χ1v) is 7.73. The van der Waals surface area contributed by atoms with Gasteiger partial charge in [-0.05, 0) is 35.8 Å². The lowest BCUT2D eigenvalue weighted by molar-refractivity contribution is -0.123. The maximum Gasteiger partial charge on any atom is 0.489 e. The topological polar surface area (TPSA) is 105 Å². The number of hydrogen-bond donors (Lipinski definition) is 3. The van der Waals surface area contributed by atoms with Gasteiger partial charge < -0.3 is 24.8 Å². The molecular formula is C17H17BFNO6. The summed E-state index contributed by atoms with van der Waals surface area (Å²) >= 11 is 0. The number of hydrogen-bond acceptors (Lipinski definition) is 6. The van der Waals surface area contributed by atoms with Gasteiger partial charge in [-0.3, -0.25) is 9.59 Å². The summed E-state index contributed by atoms with van der Waals surface area (Å²) in [6, 6.07) is 9.78. The number of carbonyl (C=O) groups is 2. The Balaban J connectivity index is 1.77. The zero-order valence-electron chi connectivity index (χ0n) is 13.7. The smallest absolute Gasteiger partial charge is 0.489 e. The quantitative estimate of drug-likeness (QED) is 0.327. The molecule has 0 bridgehead atoms. The lowest BCUT2D eigenvalue weighted by Gasteiger charge is -2.12. The van der Waals surface area contributed by atoms with Gasteiger partial charge in [0.15, 0.2) is 12.9 Å². The Kier molecular flexibility index (Phi) is 7.13. The molecule has 0 aromatic heterocycles. The van der Waals surface area contributed by atoms with Crippen molar-refractivity contribution in [2.75, 3.05) is 19.8 Å². The minimum atomic E-state index is -1.82. The maximum atomic E-state index is 12.8. The van der Waals surface area contributed by atoms with Gasteiger partial charge in [0.25, 0.3) is 5.91 Å². The molecule has 2 aromatic rings. The van der Waals surface area contributed by atoms with E-state index in [1.54, 1.807) is 0 Å². The Morgan fingerprint density at radius 3 is 2.54 bits per heavy atom. The SMILES string of the molecule is O=Cc1c(OCC(=O)NCCOc2ccc(F)cc2)cccc1B(O)O. The molecule has 1 amide bonds. The number of ether oxygens (including phenoxy) is 2. The number of halogens is 1. The number of benzene rings is 2. The highest BCUT2D eigenvalue weighted by molar-refractivity contribution is 6.60. The molecule has 0 saturated carbocycles. The summed E-state index contributed by atoms with van der Waals surface area (Å²) in [6.07, 6.45) is 0.429. The van der Waals surface area contributed by atoms with Crippen LogP contribution < -0.4 is 20.3 Å². The number of nitrogens with one attached hydrogen (secondary N) is 1. The Morgan fingerprint density at radius 2 is 1.88 bits per heavy atom. The third-order valence-corrected chi connectivity index (χ3v) is 3.36. The molecule has 0 unspecified atom stereocenters. The van der Waals surface area contributed by atoms with Gasteiger partial charge in [0, 0.05) is 0 Å². The second-order valence-corrected chi connectivity index (χ2v) is 5.19. The average Bonchev–Trinajstić information content (AvgIpc) is 2.64. The highest BCUT2D eigenvalue weighted by Gasteiger charge is 2.19. The van der Waals surface area contributed by atoms with Crippen molar-refractivity contribution in [3.05, 3.63) is 53.8 Å². The molecule has 0 aliphatic heterocycles. The number of amides is 1. The first kappa shape index (κ1) is 19.4. The van der Waals surface area contributed by atoms with E-state index >= 15 is 0 Å². The number of carbonyl (C=O) groups excluding carboxylic acids is 2. The van der Waals surface area contributed by atoms with Crippen LogP contribution in [0.3, 0.4) is 0 Å². The summed E-state index contributed by atoms with van der Waals surface area (Å²) in [5.41, 5.74) is -0.0412. The summed E-state index contributed by atoms with van der Waals surface area (Å²) in [5.74, 6) is -0.259. The molecule has 136 valence electrons. The van der Waals surface area contributed by atoms with Crippen molar-refractivity contribution in [2.24, 2.45) is 0 Å². The van der Waals surface area contributed by atoms with Crippen LogP contribution in [0.15, 0.2) is 42.5 Å². The summed E-state index contributed by atoms with van der Waals surface area (Å²) in [5, 5.41) is 21.0. The van der Waals surface area contributed by atoms with Crippen LogP contribution >= 0.6 is 0 Å². The van der Waals surface area contributed by atoms with Crippen molar-refractivity contribution < 1.29 is 33.5 Å². The van der Waals surface area contributed by atoms with E-state index in [2.05, 4.69) is 5.32 Å². The minimum absolute atomic E-state index is 0.00870. The van der Waals surface area contributed by atoms with Crippen molar-refractivity contribution in [3.8, 4) is 11.5 Å². The fourth-order valence-electron chi connectivity index (χ4n) is 2.12. The summed E-state index contributed by atoms with van der Waals surface area (Å²) in [4.78, 5) is 22.9. The summed E-state index contributed by atoms with van der Waals surface area (Å²) in [7, 11) is -1.82. The van der Waals surface area contributed by atoms with Crippen LogP contribution in [0.4, 0.5) is 4.39 Å². The highest BCUT2D eigenvalue weighted by Crippen LogP contribution is 2.14. The van der Waals surface area contributed by atoms with E-state index in [0.717, 1.165) is 0 Å². The number of aldehydes is 1. The Hall–Kier alpha value is -2.91. The molecule has 0 heterocycles. The van der Waals surface area contributed by atoms with Gasteiger partial charge in [-0.15, -0.1) is 0 Å². The van der Waals surface area contributed by atoms with Gasteiger partial charge in [-0.2, -0.15) is 0 Å². The van der Waals surface area contributed by atoms with E-state index < -0.39 is 13.0 Å². The molecule has 0 aliphatic carbocycles. The van der Waals surface area contributed by atoms with Crippen LogP contribution in [0.2, 0.25) is 0 Å². The number of rotatable bonds is 9. The van der Waals surface area contributed by atoms with Crippen LogP contribution in [0.5, 0.6) is 11.5 Å². The molecule has 0 fully saturated rings. The van der Waals surface area contributed by atoms with Crippen LogP contribution in [-0.2, 0) is 4.79 Å². The monoisotopic (exact) mass is 361 g/mol. The fraction of sp³-hybridized carbons (Fsp3) is 0.176. The second-order valence-electron chi connectivity index (χ2n) is 5.19. The predicted molar refractivity (Wildman–Crippen MR) is 92.1 cm³/mol. The van der Waals surface area contributed by atoms with Crippen molar-refractivity contribution in [2.45, 2.75) is 0 Å². The predicted octanol–water partition coefficient (Wildman–Crippen LogP) is -0.108. The van der Waals surface area contributed by atoms with E-state index in [0.29, 0.717) is 12.0 Å². The van der Waals surface area contributed by atoms with E-state index in [4.69, 9.17) is 9.47 Å². The van der Waals surface area contributed by atoms with Gasteiger partial charge in [0.05, 0.1) is 12.1 Å². The minimum Gasteiger partial charge on any atom is -0.492 e.